The average molecular weight is 425 g/mol. The number of fused-ring (bicyclic) bond motifs is 1. The van der Waals surface area contributed by atoms with Crippen molar-refractivity contribution in [3.63, 3.8) is 0 Å². The summed E-state index contributed by atoms with van der Waals surface area (Å²) in [6, 6.07) is 3.75. The molecule has 1 saturated heterocycles. The van der Waals surface area contributed by atoms with E-state index < -0.39 is 0 Å². The predicted octanol–water partition coefficient (Wildman–Crippen LogP) is 2.03. The predicted molar refractivity (Wildman–Crippen MR) is 120 cm³/mol. The third-order valence-corrected chi connectivity index (χ3v) is 5.87. The van der Waals surface area contributed by atoms with Gasteiger partial charge in [0.2, 0.25) is 5.91 Å². The molecule has 166 valence electrons. The normalized spacial score (nSPS) is 15.4. The van der Waals surface area contributed by atoms with E-state index in [1.807, 2.05) is 43.1 Å². The Labute approximate surface area is 184 Å². The number of amides is 1. The van der Waals surface area contributed by atoms with E-state index >= 15 is 0 Å². The zero-order chi connectivity index (χ0) is 21.8. The molecule has 0 aromatic carbocycles. The first-order chi connectivity index (χ1) is 15.0. The van der Waals surface area contributed by atoms with Gasteiger partial charge < -0.3 is 19.4 Å². The molecule has 0 saturated carbocycles. The third kappa shape index (κ3) is 5.12. The van der Waals surface area contributed by atoms with Crippen LogP contribution >= 0.6 is 0 Å². The van der Waals surface area contributed by atoms with E-state index in [-0.39, 0.29) is 5.91 Å². The van der Waals surface area contributed by atoms with Crippen LogP contribution in [0.3, 0.4) is 0 Å². The van der Waals surface area contributed by atoms with Crippen molar-refractivity contribution in [2.75, 3.05) is 58.8 Å². The molecule has 3 heterocycles. The van der Waals surface area contributed by atoms with Crippen molar-refractivity contribution < 1.29 is 9.53 Å². The average Bonchev–Trinajstić information content (AvgIpc) is 3.45. The van der Waals surface area contributed by atoms with Gasteiger partial charge in [0, 0.05) is 50.2 Å². The smallest absolute Gasteiger partial charge is 0.242 e. The maximum absolute atomic E-state index is 12.7. The molecular weight excluding hydrogens is 392 g/mol. The van der Waals surface area contributed by atoms with Crippen molar-refractivity contribution in [1.82, 2.24) is 24.8 Å². The van der Waals surface area contributed by atoms with Crippen LogP contribution in [0.25, 0.3) is 11.5 Å². The Kier molecular flexibility index (Phi) is 6.65. The van der Waals surface area contributed by atoms with Crippen molar-refractivity contribution in [2.45, 2.75) is 32.1 Å². The molecule has 0 N–H and O–H groups in total. The highest BCUT2D eigenvalue weighted by atomic mass is 16.5. The largest absolute Gasteiger partial charge is 0.492 e. The van der Waals surface area contributed by atoms with Gasteiger partial charge in [-0.15, -0.1) is 0 Å². The number of carbonyl (C=O) groups is 1. The monoisotopic (exact) mass is 424 g/mol. The minimum absolute atomic E-state index is 0.168. The Bertz CT molecular complexity index is 926. The molecule has 0 spiro atoms. The fraction of sp³-hybridized carbons (Fsp3) is 0.565. The number of nitrogens with zero attached hydrogens (tertiary/aromatic N) is 6. The molecule has 8 heteroatoms. The molecule has 0 atom stereocenters. The van der Waals surface area contributed by atoms with Crippen molar-refractivity contribution >= 4 is 11.7 Å². The lowest BCUT2D eigenvalue weighted by Gasteiger charge is -2.24. The molecule has 2 aromatic heterocycles. The zero-order valence-corrected chi connectivity index (χ0v) is 18.8. The summed E-state index contributed by atoms with van der Waals surface area (Å²) in [5, 5.41) is 0. The molecule has 2 aliphatic rings. The van der Waals surface area contributed by atoms with Crippen molar-refractivity contribution in [2.24, 2.45) is 0 Å². The molecule has 1 aliphatic carbocycles. The van der Waals surface area contributed by atoms with E-state index in [1.165, 1.54) is 5.56 Å². The number of anilines is 1. The Hall–Kier alpha value is -2.74. The van der Waals surface area contributed by atoms with Crippen LogP contribution in [-0.2, 0) is 17.6 Å². The standard InChI is InChI=1S/C23H32N6O2/c1-27(2)13-14-31-17-9-10-24-20(15-17)22-25-19-8-6-7-18(19)23(26-22)28(3)16-21(30)29-11-4-5-12-29/h9-10,15H,4-8,11-14,16H2,1-3H3. The lowest BCUT2D eigenvalue weighted by molar-refractivity contribution is -0.128. The third-order valence-electron chi connectivity index (χ3n) is 5.87. The molecule has 2 aromatic rings. The van der Waals surface area contributed by atoms with E-state index in [0.29, 0.717) is 24.7 Å². The Balaban J connectivity index is 1.56. The van der Waals surface area contributed by atoms with E-state index in [1.54, 1.807) is 6.20 Å². The lowest BCUT2D eigenvalue weighted by Crippen LogP contribution is -2.38. The van der Waals surface area contributed by atoms with Crippen LogP contribution < -0.4 is 9.64 Å². The van der Waals surface area contributed by atoms with Crippen LogP contribution in [0.1, 0.15) is 30.5 Å². The minimum atomic E-state index is 0.168. The van der Waals surface area contributed by atoms with Crippen LogP contribution in [0.2, 0.25) is 0 Å². The number of rotatable bonds is 8. The summed E-state index contributed by atoms with van der Waals surface area (Å²) in [7, 11) is 5.99. The SMILES string of the molecule is CN(C)CCOc1ccnc(-c2nc3c(c(N(C)CC(=O)N4CCCC4)n2)CCC3)c1. The Morgan fingerprint density at radius 2 is 1.94 bits per heavy atom. The number of pyridine rings is 1. The molecule has 8 nitrogen and oxygen atoms in total. The zero-order valence-electron chi connectivity index (χ0n) is 18.8. The molecule has 0 unspecified atom stereocenters. The summed E-state index contributed by atoms with van der Waals surface area (Å²) >= 11 is 0. The van der Waals surface area contributed by atoms with Crippen molar-refractivity contribution in [3.8, 4) is 17.3 Å². The van der Waals surface area contributed by atoms with Gasteiger partial charge in [-0.1, -0.05) is 0 Å². The summed E-state index contributed by atoms with van der Waals surface area (Å²) in [5.74, 6) is 2.37. The first-order valence-electron chi connectivity index (χ1n) is 11.1. The van der Waals surface area contributed by atoms with Crippen LogP contribution in [-0.4, -0.2) is 84.6 Å². The van der Waals surface area contributed by atoms with Crippen LogP contribution in [0.4, 0.5) is 5.82 Å². The minimum Gasteiger partial charge on any atom is -0.492 e. The van der Waals surface area contributed by atoms with Gasteiger partial charge in [-0.25, -0.2) is 9.97 Å². The van der Waals surface area contributed by atoms with Gasteiger partial charge in [0.25, 0.3) is 0 Å². The van der Waals surface area contributed by atoms with Crippen LogP contribution in [0.5, 0.6) is 5.75 Å². The number of aryl methyl sites for hydroxylation is 1. The summed E-state index contributed by atoms with van der Waals surface area (Å²) in [4.78, 5) is 32.9. The van der Waals surface area contributed by atoms with Gasteiger partial charge >= 0.3 is 0 Å². The fourth-order valence-electron chi connectivity index (χ4n) is 4.16. The molecule has 1 aliphatic heterocycles. The van der Waals surface area contributed by atoms with Crippen LogP contribution in [0.15, 0.2) is 18.3 Å². The Morgan fingerprint density at radius 1 is 1.13 bits per heavy atom. The quantitative estimate of drug-likeness (QED) is 0.642. The highest BCUT2D eigenvalue weighted by Crippen LogP contribution is 2.31. The topological polar surface area (TPSA) is 74.7 Å². The number of carbonyl (C=O) groups excluding carboxylic acids is 1. The molecule has 1 amide bonds. The number of aromatic nitrogens is 3. The van der Waals surface area contributed by atoms with E-state index in [2.05, 4.69) is 9.88 Å². The molecule has 0 radical (unpaired) electrons. The molecule has 31 heavy (non-hydrogen) atoms. The highest BCUT2D eigenvalue weighted by molar-refractivity contribution is 5.81. The number of likely N-dealkylation sites (N-methyl/N-ethyl adjacent to an activating group) is 2. The lowest BCUT2D eigenvalue weighted by atomic mass is 10.2. The molecule has 4 rings (SSSR count). The second-order valence-electron chi connectivity index (χ2n) is 8.62. The number of ether oxygens (including phenoxy) is 1. The fourth-order valence-corrected chi connectivity index (χ4v) is 4.16. The number of hydrogen-bond acceptors (Lipinski definition) is 7. The van der Waals surface area contributed by atoms with Gasteiger partial charge in [0.1, 0.15) is 23.9 Å². The summed E-state index contributed by atoms with van der Waals surface area (Å²) in [5.41, 5.74) is 2.93. The first-order valence-corrected chi connectivity index (χ1v) is 11.1. The number of hydrogen-bond donors (Lipinski definition) is 0. The maximum atomic E-state index is 12.7. The van der Waals surface area contributed by atoms with Gasteiger partial charge in [0.05, 0.1) is 6.54 Å². The summed E-state index contributed by atoms with van der Waals surface area (Å²) in [6.45, 7) is 3.51. The van der Waals surface area contributed by atoms with E-state index in [4.69, 9.17) is 14.7 Å². The second-order valence-corrected chi connectivity index (χ2v) is 8.62. The first kappa shape index (κ1) is 21.5. The van der Waals surface area contributed by atoms with Gasteiger partial charge in [0.15, 0.2) is 5.82 Å². The van der Waals surface area contributed by atoms with Gasteiger partial charge in [-0.2, -0.15) is 0 Å². The number of likely N-dealkylation sites (tertiary alicyclic amines) is 1. The van der Waals surface area contributed by atoms with E-state index in [0.717, 1.165) is 69.0 Å². The highest BCUT2D eigenvalue weighted by Gasteiger charge is 2.25. The van der Waals surface area contributed by atoms with Gasteiger partial charge in [-0.05, 0) is 52.3 Å². The Morgan fingerprint density at radius 3 is 2.71 bits per heavy atom. The second kappa shape index (κ2) is 9.60. The van der Waals surface area contributed by atoms with Crippen LogP contribution in [0, 0.1) is 0 Å². The van der Waals surface area contributed by atoms with Crippen molar-refractivity contribution in [1.29, 1.82) is 0 Å². The van der Waals surface area contributed by atoms with Gasteiger partial charge in [-0.3, -0.25) is 9.78 Å². The maximum Gasteiger partial charge on any atom is 0.242 e. The summed E-state index contributed by atoms with van der Waals surface area (Å²) < 4.78 is 5.86. The molecule has 1 fully saturated rings. The van der Waals surface area contributed by atoms with E-state index in [9.17, 15) is 4.79 Å². The molecule has 0 bridgehead atoms. The van der Waals surface area contributed by atoms with Crippen molar-refractivity contribution in [3.05, 3.63) is 29.6 Å². The summed E-state index contributed by atoms with van der Waals surface area (Å²) in [6.07, 6.45) is 6.88. The molecular formula is C23H32N6O2.